The van der Waals surface area contributed by atoms with Crippen LogP contribution in [-0.4, -0.2) is 46.2 Å². The van der Waals surface area contributed by atoms with Crippen LogP contribution in [0.1, 0.15) is 6.92 Å². The average Bonchev–Trinajstić information content (AvgIpc) is 2.78. The van der Waals surface area contributed by atoms with E-state index in [1.54, 1.807) is 24.3 Å². The van der Waals surface area contributed by atoms with Crippen molar-refractivity contribution < 1.29 is 28.5 Å². The summed E-state index contributed by atoms with van der Waals surface area (Å²) in [5.41, 5.74) is 0.273. The lowest BCUT2D eigenvalue weighted by molar-refractivity contribution is -0.126. The van der Waals surface area contributed by atoms with E-state index in [4.69, 9.17) is 42.3 Å². The second-order valence-electron chi connectivity index (χ2n) is 5.99. The number of azo groups is 1. The maximum atomic E-state index is 13.0. The lowest BCUT2D eigenvalue weighted by Crippen LogP contribution is -2.36. The number of anilines is 1. The molecule has 0 spiro atoms. The molecule has 0 aliphatic rings. The lowest BCUT2D eigenvalue weighted by Gasteiger charge is -2.20. The zero-order valence-electron chi connectivity index (χ0n) is 17.5. The Kier molecular flexibility index (Phi) is 8.47. The highest BCUT2D eigenvalue weighted by Crippen LogP contribution is 2.42. The van der Waals surface area contributed by atoms with Gasteiger partial charge in [-0.05, 0) is 31.2 Å². The van der Waals surface area contributed by atoms with Crippen LogP contribution in [0.3, 0.4) is 0 Å². The van der Waals surface area contributed by atoms with Gasteiger partial charge in [0, 0.05) is 11.8 Å². The summed E-state index contributed by atoms with van der Waals surface area (Å²) in [6, 6.07) is 6.40. The number of nitrogens with zero attached hydrogens (tertiary/aromatic N) is 3. The van der Waals surface area contributed by atoms with Crippen molar-refractivity contribution in [1.82, 2.24) is 0 Å². The van der Waals surface area contributed by atoms with Gasteiger partial charge in [0.2, 0.25) is 6.04 Å². The predicted molar refractivity (Wildman–Crippen MR) is 116 cm³/mol. The van der Waals surface area contributed by atoms with Gasteiger partial charge in [0.1, 0.15) is 27.9 Å². The summed E-state index contributed by atoms with van der Waals surface area (Å²) in [4.78, 5) is 25.1. The number of Topliss-reactive ketones (excluding diaryl/α,β-unsaturated/α-hetero) is 1. The van der Waals surface area contributed by atoms with Crippen molar-refractivity contribution in [3.8, 4) is 23.0 Å². The summed E-state index contributed by atoms with van der Waals surface area (Å²) in [5, 5.41) is 7.98. The molecule has 0 heterocycles. The second kappa shape index (κ2) is 10.8. The smallest absolute Gasteiger partial charge is 0.276 e. The third-order valence-corrected chi connectivity index (χ3v) is 4.88. The molecule has 0 saturated carbocycles. The second-order valence-corrected chi connectivity index (χ2v) is 6.71. The molecule has 2 aromatic rings. The number of amides is 1. The lowest BCUT2D eigenvalue weighted by atomic mass is 10.2. The molecular formula is C20H21Cl2N3O6. The Morgan fingerprint density at radius 3 is 2.10 bits per heavy atom. The van der Waals surface area contributed by atoms with Crippen LogP contribution >= 0.6 is 23.4 Å². The van der Waals surface area contributed by atoms with Crippen LogP contribution in [-0.2, 0) is 9.59 Å². The first kappa shape index (κ1) is 24.2. The van der Waals surface area contributed by atoms with Crippen LogP contribution < -0.4 is 23.4 Å². The number of hydrogen-bond acceptors (Lipinski definition) is 8. The summed E-state index contributed by atoms with van der Waals surface area (Å²) in [7, 11) is 5.69. The number of ketones is 1. The first-order valence-corrected chi connectivity index (χ1v) is 9.54. The van der Waals surface area contributed by atoms with Crippen molar-refractivity contribution in [3.05, 3.63) is 35.4 Å². The monoisotopic (exact) mass is 469 g/mol. The molecule has 0 N–H and O–H groups in total. The van der Waals surface area contributed by atoms with E-state index in [9.17, 15) is 9.59 Å². The van der Waals surface area contributed by atoms with Gasteiger partial charge >= 0.3 is 0 Å². The molecule has 1 amide bonds. The molecule has 0 bridgehead atoms. The molecular weight excluding hydrogens is 449 g/mol. The fourth-order valence-corrected chi connectivity index (χ4v) is 3.11. The molecule has 166 valence electrons. The molecule has 0 aliphatic heterocycles. The van der Waals surface area contributed by atoms with Crippen molar-refractivity contribution in [2.75, 3.05) is 32.9 Å². The zero-order chi connectivity index (χ0) is 23.1. The SMILES string of the molecule is COc1ccc(OC)c(N=NC(C(C)=O)C(=O)N(Cl)c2cccc(OC)c2OC)c1Cl. The van der Waals surface area contributed by atoms with E-state index in [0.29, 0.717) is 11.5 Å². The Balaban J connectivity index is 2.44. The summed E-state index contributed by atoms with van der Waals surface area (Å²) in [5.74, 6) is -0.261. The Morgan fingerprint density at radius 2 is 1.55 bits per heavy atom. The fraction of sp³-hybridized carbons (Fsp3) is 0.300. The molecule has 2 aromatic carbocycles. The van der Waals surface area contributed by atoms with Gasteiger partial charge in [-0.15, -0.1) is 5.11 Å². The van der Waals surface area contributed by atoms with E-state index in [1.807, 2.05) is 0 Å². The number of rotatable bonds is 9. The topological polar surface area (TPSA) is 99.0 Å². The van der Waals surface area contributed by atoms with Crippen LogP contribution in [0.15, 0.2) is 40.6 Å². The Morgan fingerprint density at radius 1 is 0.935 bits per heavy atom. The number of hydrogen-bond donors (Lipinski definition) is 0. The number of methoxy groups -OCH3 is 4. The van der Waals surface area contributed by atoms with Crippen LogP contribution in [0.25, 0.3) is 0 Å². The highest BCUT2D eigenvalue weighted by molar-refractivity contribution is 6.39. The highest BCUT2D eigenvalue weighted by atomic mass is 35.5. The van der Waals surface area contributed by atoms with Gasteiger partial charge in [-0.25, -0.2) is 4.42 Å². The van der Waals surface area contributed by atoms with Crippen LogP contribution in [0.5, 0.6) is 23.0 Å². The number of benzene rings is 2. The minimum absolute atomic E-state index is 0.0997. The van der Waals surface area contributed by atoms with Crippen LogP contribution in [0.2, 0.25) is 5.02 Å². The Hall–Kier alpha value is -3.04. The first-order chi connectivity index (χ1) is 14.8. The van der Waals surface area contributed by atoms with Crippen molar-refractivity contribution in [2.45, 2.75) is 13.0 Å². The number of ether oxygens (including phenoxy) is 4. The van der Waals surface area contributed by atoms with Crippen LogP contribution in [0.4, 0.5) is 11.4 Å². The highest BCUT2D eigenvalue weighted by Gasteiger charge is 2.31. The molecule has 0 aromatic heterocycles. The quantitative estimate of drug-likeness (QED) is 0.302. The van der Waals surface area contributed by atoms with Gasteiger partial charge in [-0.1, -0.05) is 17.7 Å². The van der Waals surface area contributed by atoms with Gasteiger partial charge in [0.05, 0.1) is 28.4 Å². The third kappa shape index (κ3) is 5.18. The molecule has 1 atom stereocenters. The van der Waals surface area contributed by atoms with E-state index in [0.717, 1.165) is 4.42 Å². The minimum Gasteiger partial charge on any atom is -0.495 e. The normalized spacial score (nSPS) is 11.7. The number of para-hydroxylation sites is 1. The van der Waals surface area contributed by atoms with Gasteiger partial charge < -0.3 is 18.9 Å². The predicted octanol–water partition coefficient (Wildman–Crippen LogP) is 4.60. The van der Waals surface area contributed by atoms with E-state index in [2.05, 4.69) is 10.2 Å². The number of halogens is 2. The molecule has 0 radical (unpaired) electrons. The molecule has 11 heteroatoms. The van der Waals surface area contributed by atoms with Gasteiger partial charge in [-0.3, -0.25) is 9.59 Å². The standard InChI is InChI=1S/C20H21Cl2N3O6/c1-11(26)17(23-24-18-14(29-3)10-9-13(28-2)16(18)21)20(27)25(22)12-7-6-8-15(30-4)19(12)31-5/h6-10,17H,1-5H3. The van der Waals surface area contributed by atoms with Crippen LogP contribution in [0, 0.1) is 0 Å². The largest absolute Gasteiger partial charge is 0.495 e. The van der Waals surface area contributed by atoms with E-state index < -0.39 is 17.7 Å². The summed E-state index contributed by atoms with van der Waals surface area (Å²) in [6.45, 7) is 1.19. The molecule has 31 heavy (non-hydrogen) atoms. The van der Waals surface area contributed by atoms with Gasteiger partial charge in [0.15, 0.2) is 17.3 Å². The number of carbonyl (C=O) groups excluding carboxylic acids is 2. The molecule has 0 fully saturated rings. The Bertz CT molecular complexity index is 999. The molecule has 0 aliphatic carbocycles. The van der Waals surface area contributed by atoms with Crippen molar-refractivity contribution in [3.63, 3.8) is 0 Å². The minimum atomic E-state index is -1.54. The first-order valence-electron chi connectivity index (χ1n) is 8.83. The molecule has 9 nitrogen and oxygen atoms in total. The molecule has 0 saturated heterocycles. The maximum Gasteiger partial charge on any atom is 0.276 e. The van der Waals surface area contributed by atoms with Crippen molar-refractivity contribution >= 4 is 46.4 Å². The number of carbonyl (C=O) groups is 2. The summed E-state index contributed by atoms with van der Waals surface area (Å²) >= 11 is 12.5. The maximum absolute atomic E-state index is 13.0. The molecule has 2 rings (SSSR count). The van der Waals surface area contributed by atoms with E-state index >= 15 is 0 Å². The van der Waals surface area contributed by atoms with Gasteiger partial charge in [0.25, 0.3) is 5.91 Å². The average molecular weight is 470 g/mol. The van der Waals surface area contributed by atoms with E-state index in [1.165, 1.54) is 41.4 Å². The Labute approximate surface area is 189 Å². The van der Waals surface area contributed by atoms with E-state index in [-0.39, 0.29) is 27.9 Å². The summed E-state index contributed by atoms with van der Waals surface area (Å²) in [6.07, 6.45) is 0. The zero-order valence-corrected chi connectivity index (χ0v) is 19.0. The van der Waals surface area contributed by atoms with Gasteiger partial charge in [-0.2, -0.15) is 5.11 Å². The third-order valence-electron chi connectivity index (χ3n) is 4.16. The van der Waals surface area contributed by atoms with Crippen molar-refractivity contribution in [2.24, 2.45) is 10.2 Å². The molecule has 1 unspecified atom stereocenters. The fourth-order valence-electron chi connectivity index (χ4n) is 2.61. The van der Waals surface area contributed by atoms with Crippen molar-refractivity contribution in [1.29, 1.82) is 0 Å². The summed E-state index contributed by atoms with van der Waals surface area (Å²) < 4.78 is 21.6.